The van der Waals surface area contributed by atoms with E-state index in [0.717, 1.165) is 11.6 Å². The molecule has 0 spiro atoms. The molecule has 0 radical (unpaired) electrons. The van der Waals surface area contributed by atoms with Crippen molar-refractivity contribution in [2.45, 2.75) is 0 Å². The summed E-state index contributed by atoms with van der Waals surface area (Å²) >= 11 is 11.4. The first-order chi connectivity index (χ1) is 7.58. The Balaban J connectivity index is 2.56. The minimum Gasteiger partial charge on any atom is -0.507 e. The Labute approximate surface area is 102 Å². The van der Waals surface area contributed by atoms with Gasteiger partial charge < -0.3 is 5.11 Å². The van der Waals surface area contributed by atoms with Crippen molar-refractivity contribution in [3.05, 3.63) is 52.3 Å². The van der Waals surface area contributed by atoms with Gasteiger partial charge >= 0.3 is 0 Å². The average Bonchev–Trinajstić information content (AvgIpc) is 2.25. The Bertz CT molecular complexity index is 523. The summed E-state index contributed by atoms with van der Waals surface area (Å²) in [6.07, 6.45) is 0. The Kier molecular flexibility index (Phi) is 3.03. The molecule has 4 heteroatoms. The van der Waals surface area contributed by atoms with Crippen LogP contribution < -0.4 is 0 Å². The Morgan fingerprint density at radius 1 is 1.00 bits per heavy atom. The zero-order valence-electron chi connectivity index (χ0n) is 8.05. The van der Waals surface area contributed by atoms with E-state index in [0.29, 0.717) is 10.6 Å². The Hall–Kier alpha value is -1.25. The molecule has 0 fully saturated rings. The zero-order valence-corrected chi connectivity index (χ0v) is 9.56. The van der Waals surface area contributed by atoms with Gasteiger partial charge in [-0.25, -0.2) is 4.39 Å². The molecule has 0 saturated carbocycles. The van der Waals surface area contributed by atoms with E-state index in [4.69, 9.17) is 23.2 Å². The van der Waals surface area contributed by atoms with Crippen molar-refractivity contribution in [1.29, 1.82) is 0 Å². The first kappa shape index (κ1) is 11.2. The maximum atomic E-state index is 13.0. The Morgan fingerprint density at radius 3 is 2.25 bits per heavy atom. The van der Waals surface area contributed by atoms with E-state index in [1.165, 1.54) is 6.07 Å². The topological polar surface area (TPSA) is 20.2 Å². The molecule has 82 valence electrons. The predicted molar refractivity (Wildman–Crippen MR) is 63.5 cm³/mol. The van der Waals surface area contributed by atoms with Gasteiger partial charge in [0.05, 0.1) is 5.02 Å². The van der Waals surface area contributed by atoms with E-state index in [9.17, 15) is 9.50 Å². The van der Waals surface area contributed by atoms with Crippen LogP contribution in [0.5, 0.6) is 5.75 Å². The highest BCUT2D eigenvalue weighted by atomic mass is 35.5. The highest BCUT2D eigenvalue weighted by molar-refractivity contribution is 6.31. The van der Waals surface area contributed by atoms with Gasteiger partial charge in [-0.3, -0.25) is 0 Å². The number of hydrogen-bond donors (Lipinski definition) is 1. The summed E-state index contributed by atoms with van der Waals surface area (Å²) in [6, 6.07) is 9.21. The van der Waals surface area contributed by atoms with Gasteiger partial charge in [-0.1, -0.05) is 35.3 Å². The summed E-state index contributed by atoms with van der Waals surface area (Å²) in [5.41, 5.74) is 1.20. The molecule has 2 aromatic carbocycles. The molecule has 1 N–H and O–H groups in total. The summed E-state index contributed by atoms with van der Waals surface area (Å²) in [6.45, 7) is 0. The minimum atomic E-state index is -0.642. The summed E-state index contributed by atoms with van der Waals surface area (Å²) in [5, 5.41) is 10.2. The number of rotatable bonds is 1. The average molecular weight is 257 g/mol. The summed E-state index contributed by atoms with van der Waals surface area (Å²) < 4.78 is 13.0. The van der Waals surface area contributed by atoms with Gasteiger partial charge in [-0.2, -0.15) is 0 Å². The van der Waals surface area contributed by atoms with Gasteiger partial charge in [0.1, 0.15) is 11.6 Å². The predicted octanol–water partition coefficient (Wildman–Crippen LogP) is 4.51. The molecular weight excluding hydrogens is 250 g/mol. The van der Waals surface area contributed by atoms with Gasteiger partial charge in [-0.05, 0) is 23.8 Å². The van der Waals surface area contributed by atoms with Crippen molar-refractivity contribution in [3.8, 4) is 16.9 Å². The fourth-order valence-corrected chi connectivity index (χ4v) is 1.69. The lowest BCUT2D eigenvalue weighted by atomic mass is 10.0. The van der Waals surface area contributed by atoms with E-state index < -0.39 is 5.82 Å². The highest BCUT2D eigenvalue weighted by Gasteiger charge is 2.09. The Morgan fingerprint density at radius 2 is 1.62 bits per heavy atom. The van der Waals surface area contributed by atoms with E-state index in [-0.39, 0.29) is 10.8 Å². The number of hydrogen-bond acceptors (Lipinski definition) is 1. The van der Waals surface area contributed by atoms with Crippen molar-refractivity contribution in [2.75, 3.05) is 0 Å². The van der Waals surface area contributed by atoms with Crippen LogP contribution in [-0.2, 0) is 0 Å². The van der Waals surface area contributed by atoms with E-state index in [2.05, 4.69) is 0 Å². The minimum absolute atomic E-state index is 0.0252. The van der Waals surface area contributed by atoms with Gasteiger partial charge in [0.2, 0.25) is 0 Å². The van der Waals surface area contributed by atoms with Gasteiger partial charge in [0, 0.05) is 16.7 Å². The van der Waals surface area contributed by atoms with Crippen LogP contribution in [0.1, 0.15) is 0 Å². The van der Waals surface area contributed by atoms with E-state index >= 15 is 0 Å². The van der Waals surface area contributed by atoms with Crippen LogP contribution in [0.3, 0.4) is 0 Å². The molecule has 0 aliphatic rings. The second kappa shape index (κ2) is 4.32. The molecule has 1 nitrogen and oxygen atoms in total. The van der Waals surface area contributed by atoms with Crippen LogP contribution in [0.15, 0.2) is 36.4 Å². The lowest BCUT2D eigenvalue weighted by molar-refractivity contribution is 0.471. The van der Waals surface area contributed by atoms with Crippen LogP contribution in [0.25, 0.3) is 11.1 Å². The van der Waals surface area contributed by atoms with Crippen molar-refractivity contribution in [3.63, 3.8) is 0 Å². The molecule has 16 heavy (non-hydrogen) atoms. The molecule has 0 unspecified atom stereocenters. The van der Waals surface area contributed by atoms with Crippen molar-refractivity contribution >= 4 is 23.2 Å². The smallest absolute Gasteiger partial charge is 0.145 e. The number of phenols is 1. The molecule has 2 rings (SSSR count). The molecular formula is C12H7Cl2FO. The normalized spacial score (nSPS) is 10.4. The lowest BCUT2D eigenvalue weighted by Gasteiger charge is -2.06. The molecule has 0 saturated heterocycles. The molecule has 0 aliphatic heterocycles. The first-order valence-corrected chi connectivity index (χ1v) is 5.27. The SMILES string of the molecule is Oc1cc(F)c(Cl)cc1-c1ccc(Cl)cc1. The van der Waals surface area contributed by atoms with Crippen LogP contribution in [-0.4, -0.2) is 5.11 Å². The second-order valence-corrected chi connectivity index (χ2v) is 4.13. The molecule has 0 aliphatic carbocycles. The van der Waals surface area contributed by atoms with Crippen molar-refractivity contribution in [2.24, 2.45) is 0 Å². The second-order valence-electron chi connectivity index (χ2n) is 3.29. The molecule has 0 atom stereocenters. The molecule has 0 aromatic heterocycles. The monoisotopic (exact) mass is 256 g/mol. The number of halogens is 3. The van der Waals surface area contributed by atoms with E-state index in [1.54, 1.807) is 24.3 Å². The molecule has 0 heterocycles. The third kappa shape index (κ3) is 2.13. The third-order valence-electron chi connectivity index (χ3n) is 2.19. The van der Waals surface area contributed by atoms with Crippen LogP contribution in [0, 0.1) is 5.82 Å². The number of phenolic OH excluding ortho intramolecular Hbond substituents is 1. The fraction of sp³-hybridized carbons (Fsp3) is 0. The summed E-state index contributed by atoms with van der Waals surface area (Å²) in [4.78, 5) is 0. The van der Waals surface area contributed by atoms with Crippen LogP contribution in [0.4, 0.5) is 4.39 Å². The fourth-order valence-electron chi connectivity index (χ4n) is 1.40. The van der Waals surface area contributed by atoms with E-state index in [1.807, 2.05) is 0 Å². The first-order valence-electron chi connectivity index (χ1n) is 4.52. The quantitative estimate of drug-likeness (QED) is 0.797. The number of aromatic hydroxyl groups is 1. The third-order valence-corrected chi connectivity index (χ3v) is 2.74. The van der Waals surface area contributed by atoms with Crippen LogP contribution >= 0.6 is 23.2 Å². The number of benzene rings is 2. The van der Waals surface area contributed by atoms with Gasteiger partial charge in [0.25, 0.3) is 0 Å². The standard InChI is InChI=1S/C12H7Cl2FO/c13-8-3-1-7(2-4-8)9-5-10(14)11(15)6-12(9)16/h1-6,16H. The largest absolute Gasteiger partial charge is 0.507 e. The highest BCUT2D eigenvalue weighted by Crippen LogP contribution is 2.33. The van der Waals surface area contributed by atoms with Gasteiger partial charge in [0.15, 0.2) is 0 Å². The molecule has 2 aromatic rings. The maximum absolute atomic E-state index is 13.0. The van der Waals surface area contributed by atoms with Gasteiger partial charge in [-0.15, -0.1) is 0 Å². The summed E-state index contributed by atoms with van der Waals surface area (Å²) in [5.74, 6) is -0.791. The lowest BCUT2D eigenvalue weighted by Crippen LogP contribution is -1.83. The zero-order chi connectivity index (χ0) is 11.7. The molecule has 0 amide bonds. The maximum Gasteiger partial charge on any atom is 0.145 e. The molecule has 0 bridgehead atoms. The van der Waals surface area contributed by atoms with Crippen molar-refractivity contribution in [1.82, 2.24) is 0 Å². The van der Waals surface area contributed by atoms with Crippen LogP contribution in [0.2, 0.25) is 10.0 Å². The summed E-state index contributed by atoms with van der Waals surface area (Å²) in [7, 11) is 0. The van der Waals surface area contributed by atoms with Crippen molar-refractivity contribution < 1.29 is 9.50 Å².